The van der Waals surface area contributed by atoms with Gasteiger partial charge >= 0.3 is 0 Å². The van der Waals surface area contributed by atoms with E-state index in [1.165, 1.54) is 0 Å². The first kappa shape index (κ1) is 14.9. The minimum Gasteiger partial charge on any atom is -0.326 e. The van der Waals surface area contributed by atoms with Gasteiger partial charge in [0, 0.05) is 15.7 Å². The van der Waals surface area contributed by atoms with Gasteiger partial charge in [0.2, 0.25) is 5.91 Å². The number of hydrogen-bond donors (Lipinski definition) is 1. The van der Waals surface area contributed by atoms with Gasteiger partial charge in [-0.3, -0.25) is 4.79 Å². The van der Waals surface area contributed by atoms with Crippen molar-refractivity contribution in [2.75, 3.05) is 5.32 Å². The van der Waals surface area contributed by atoms with Gasteiger partial charge in [0.1, 0.15) is 0 Å². The van der Waals surface area contributed by atoms with Crippen molar-refractivity contribution in [1.29, 1.82) is 0 Å². The fraction of sp³-hybridized carbons (Fsp3) is 0.188. The van der Waals surface area contributed by atoms with Crippen LogP contribution in [0.4, 0.5) is 5.69 Å². The minimum absolute atomic E-state index is 0.0878. The van der Waals surface area contributed by atoms with Crippen molar-refractivity contribution in [2.24, 2.45) is 0 Å². The Balaban J connectivity index is 2.09. The van der Waals surface area contributed by atoms with Gasteiger partial charge in [-0.1, -0.05) is 54.4 Å². The number of nitrogens with one attached hydrogen (secondary N) is 1. The van der Waals surface area contributed by atoms with Crippen LogP contribution in [0.15, 0.2) is 42.5 Å². The van der Waals surface area contributed by atoms with E-state index in [1.807, 2.05) is 24.3 Å². The highest BCUT2D eigenvalue weighted by molar-refractivity contribution is 6.35. The van der Waals surface area contributed by atoms with Crippen LogP contribution in [0.1, 0.15) is 18.1 Å². The van der Waals surface area contributed by atoms with Crippen LogP contribution in [0.3, 0.4) is 0 Å². The van der Waals surface area contributed by atoms with Crippen LogP contribution in [0.25, 0.3) is 0 Å². The van der Waals surface area contributed by atoms with Crippen molar-refractivity contribution in [3.63, 3.8) is 0 Å². The summed E-state index contributed by atoms with van der Waals surface area (Å²) >= 11 is 11.9. The summed E-state index contributed by atoms with van der Waals surface area (Å²) < 4.78 is 0. The van der Waals surface area contributed by atoms with E-state index in [0.717, 1.165) is 23.2 Å². The maximum Gasteiger partial charge on any atom is 0.228 e. The lowest BCUT2D eigenvalue weighted by atomic mass is 10.1. The molecule has 0 atom stereocenters. The van der Waals surface area contributed by atoms with Gasteiger partial charge in [-0.2, -0.15) is 0 Å². The number of benzene rings is 2. The van der Waals surface area contributed by atoms with Gasteiger partial charge in [-0.25, -0.2) is 0 Å². The first-order valence-corrected chi connectivity index (χ1v) is 7.17. The second-order valence-electron chi connectivity index (χ2n) is 4.47. The lowest BCUT2D eigenvalue weighted by Gasteiger charge is -2.10. The molecule has 0 fully saturated rings. The molecule has 0 heterocycles. The molecule has 2 aromatic rings. The van der Waals surface area contributed by atoms with E-state index in [0.29, 0.717) is 10.0 Å². The molecule has 0 unspecified atom stereocenters. The molecule has 2 rings (SSSR count). The van der Waals surface area contributed by atoms with E-state index in [4.69, 9.17) is 23.2 Å². The first-order chi connectivity index (χ1) is 9.60. The molecule has 0 aliphatic carbocycles. The molecule has 0 bridgehead atoms. The van der Waals surface area contributed by atoms with E-state index >= 15 is 0 Å². The van der Waals surface area contributed by atoms with Gasteiger partial charge in [0.25, 0.3) is 0 Å². The smallest absolute Gasteiger partial charge is 0.228 e. The summed E-state index contributed by atoms with van der Waals surface area (Å²) in [5, 5.41) is 4.00. The number of carbonyl (C=O) groups excluding carboxylic acids is 1. The fourth-order valence-corrected chi connectivity index (χ4v) is 2.46. The summed E-state index contributed by atoms with van der Waals surface area (Å²) in [6.45, 7) is 2.06. The molecule has 20 heavy (non-hydrogen) atoms. The zero-order valence-corrected chi connectivity index (χ0v) is 12.6. The molecule has 0 radical (unpaired) electrons. The predicted octanol–water partition coefficient (Wildman–Crippen LogP) is 4.74. The number of aryl methyl sites for hydroxylation is 1. The highest BCUT2D eigenvalue weighted by Crippen LogP contribution is 2.22. The molecule has 0 spiro atoms. The van der Waals surface area contributed by atoms with Crippen molar-refractivity contribution >= 4 is 34.8 Å². The molecule has 0 saturated carbocycles. The third kappa shape index (κ3) is 3.75. The summed E-state index contributed by atoms with van der Waals surface area (Å²) in [6.07, 6.45) is 1.10. The summed E-state index contributed by atoms with van der Waals surface area (Å²) in [7, 11) is 0. The summed E-state index contributed by atoms with van der Waals surface area (Å²) in [6, 6.07) is 12.9. The largest absolute Gasteiger partial charge is 0.326 e. The van der Waals surface area contributed by atoms with Crippen LogP contribution < -0.4 is 5.32 Å². The molecular formula is C16H15Cl2NO. The Kier molecular flexibility index (Phi) is 5.05. The Labute approximate surface area is 128 Å². The molecule has 0 aliphatic rings. The SMILES string of the molecule is CCc1ccccc1NC(=O)Cc1ccc(Cl)cc1Cl. The van der Waals surface area contributed by atoms with Gasteiger partial charge in [0.05, 0.1) is 6.42 Å². The third-order valence-corrected chi connectivity index (χ3v) is 3.63. The van der Waals surface area contributed by atoms with Crippen molar-refractivity contribution in [1.82, 2.24) is 0 Å². The zero-order valence-electron chi connectivity index (χ0n) is 11.1. The number of amides is 1. The van der Waals surface area contributed by atoms with E-state index in [2.05, 4.69) is 12.2 Å². The second kappa shape index (κ2) is 6.78. The molecule has 1 N–H and O–H groups in total. The molecule has 2 nitrogen and oxygen atoms in total. The Morgan fingerprint density at radius 2 is 1.85 bits per heavy atom. The number of para-hydroxylation sites is 1. The summed E-state index contributed by atoms with van der Waals surface area (Å²) in [5.41, 5.74) is 2.73. The number of anilines is 1. The number of rotatable bonds is 4. The fourth-order valence-electron chi connectivity index (χ4n) is 1.98. The molecule has 2 aromatic carbocycles. The highest BCUT2D eigenvalue weighted by atomic mass is 35.5. The number of hydrogen-bond acceptors (Lipinski definition) is 1. The van der Waals surface area contributed by atoms with Crippen LogP contribution >= 0.6 is 23.2 Å². The summed E-state index contributed by atoms with van der Waals surface area (Å²) in [5.74, 6) is -0.0878. The third-order valence-electron chi connectivity index (χ3n) is 3.04. The maximum absolute atomic E-state index is 12.1. The van der Waals surface area contributed by atoms with Gasteiger partial charge in [-0.15, -0.1) is 0 Å². The van der Waals surface area contributed by atoms with Crippen molar-refractivity contribution < 1.29 is 4.79 Å². The molecule has 0 aliphatic heterocycles. The molecule has 4 heteroatoms. The zero-order chi connectivity index (χ0) is 14.5. The van der Waals surface area contributed by atoms with Crippen molar-refractivity contribution in [3.8, 4) is 0 Å². The van der Waals surface area contributed by atoms with Crippen LogP contribution in [-0.2, 0) is 17.6 Å². The van der Waals surface area contributed by atoms with Crippen LogP contribution in [0, 0.1) is 0 Å². The van der Waals surface area contributed by atoms with Gasteiger partial charge in [-0.05, 0) is 35.7 Å². The lowest BCUT2D eigenvalue weighted by Crippen LogP contribution is -2.15. The first-order valence-electron chi connectivity index (χ1n) is 6.42. The molecule has 1 amide bonds. The summed E-state index contributed by atoms with van der Waals surface area (Å²) in [4.78, 5) is 12.1. The Morgan fingerprint density at radius 1 is 1.10 bits per heavy atom. The second-order valence-corrected chi connectivity index (χ2v) is 5.32. The van der Waals surface area contributed by atoms with Crippen LogP contribution in [0.5, 0.6) is 0 Å². The maximum atomic E-state index is 12.1. The van der Waals surface area contributed by atoms with E-state index in [1.54, 1.807) is 18.2 Å². The minimum atomic E-state index is -0.0878. The molecule has 104 valence electrons. The van der Waals surface area contributed by atoms with Crippen LogP contribution in [-0.4, -0.2) is 5.91 Å². The molecule has 0 aromatic heterocycles. The normalized spacial score (nSPS) is 10.3. The average molecular weight is 308 g/mol. The van der Waals surface area contributed by atoms with Crippen LogP contribution in [0.2, 0.25) is 10.0 Å². The number of halogens is 2. The quantitative estimate of drug-likeness (QED) is 0.868. The number of carbonyl (C=O) groups is 1. The Bertz CT molecular complexity index is 626. The van der Waals surface area contributed by atoms with Gasteiger partial charge in [0.15, 0.2) is 0 Å². The van der Waals surface area contributed by atoms with Gasteiger partial charge < -0.3 is 5.32 Å². The monoisotopic (exact) mass is 307 g/mol. The Morgan fingerprint density at radius 3 is 2.55 bits per heavy atom. The highest BCUT2D eigenvalue weighted by Gasteiger charge is 2.09. The predicted molar refractivity (Wildman–Crippen MR) is 84.6 cm³/mol. The standard InChI is InChI=1S/C16H15Cl2NO/c1-2-11-5-3-4-6-15(11)19-16(20)9-12-7-8-13(17)10-14(12)18/h3-8,10H,2,9H2,1H3,(H,19,20). The van der Waals surface area contributed by atoms with E-state index < -0.39 is 0 Å². The lowest BCUT2D eigenvalue weighted by molar-refractivity contribution is -0.115. The van der Waals surface area contributed by atoms with E-state index in [9.17, 15) is 4.79 Å². The van der Waals surface area contributed by atoms with E-state index in [-0.39, 0.29) is 12.3 Å². The topological polar surface area (TPSA) is 29.1 Å². The molecular weight excluding hydrogens is 293 g/mol. The Hall–Kier alpha value is -1.51. The van der Waals surface area contributed by atoms with Crippen molar-refractivity contribution in [2.45, 2.75) is 19.8 Å². The van der Waals surface area contributed by atoms with Crippen molar-refractivity contribution in [3.05, 3.63) is 63.6 Å². The average Bonchev–Trinajstić information content (AvgIpc) is 2.42. The molecule has 0 saturated heterocycles.